The average Bonchev–Trinajstić information content (AvgIpc) is 3.51. The van der Waals surface area contributed by atoms with Crippen LogP contribution in [0.4, 0.5) is 16.3 Å². The number of esters is 1. The van der Waals surface area contributed by atoms with Crippen molar-refractivity contribution >= 4 is 58.7 Å². The molecule has 4 aromatic rings. The summed E-state index contributed by atoms with van der Waals surface area (Å²) in [5.41, 5.74) is 6.07. The Labute approximate surface area is 322 Å². The number of carbonyl (C=O) groups is 5. The molecule has 2 heterocycles. The second-order valence-electron chi connectivity index (χ2n) is 12.1. The maximum atomic E-state index is 13.6. The van der Waals surface area contributed by atoms with Crippen molar-refractivity contribution in [3.8, 4) is 0 Å². The van der Waals surface area contributed by atoms with E-state index in [1.165, 1.54) is 4.90 Å². The Morgan fingerprint density at radius 1 is 0.929 bits per heavy atom. The number of nitrogens with zero attached hydrogens (tertiary/aromatic N) is 5. The molecule has 2 atom stereocenters. The van der Waals surface area contributed by atoms with Gasteiger partial charge in [-0.2, -0.15) is 5.10 Å². The lowest BCUT2D eigenvalue weighted by molar-refractivity contribution is -0.165. The number of ether oxygens (including phenoxy) is 2. The molecule has 0 radical (unpaired) electrons. The summed E-state index contributed by atoms with van der Waals surface area (Å²) in [6.07, 6.45) is 2.26. The van der Waals surface area contributed by atoms with Gasteiger partial charge in [0.1, 0.15) is 11.6 Å². The molecule has 0 spiro atoms. The van der Waals surface area contributed by atoms with Crippen LogP contribution >= 0.6 is 0 Å². The molecule has 0 aliphatic heterocycles. The number of carboxylic acids is 2. The number of rotatable bonds is 19. The number of aliphatic hydroxyl groups excluding tert-OH is 2. The topological polar surface area (TPSA) is 255 Å². The summed E-state index contributed by atoms with van der Waals surface area (Å²) in [7, 11) is 1.93. The van der Waals surface area contributed by atoms with Gasteiger partial charge in [-0.3, -0.25) is 14.5 Å². The highest BCUT2D eigenvalue weighted by atomic mass is 16.6. The van der Waals surface area contributed by atoms with Crippen molar-refractivity contribution in [2.45, 2.75) is 64.7 Å². The van der Waals surface area contributed by atoms with Gasteiger partial charge in [0.25, 0.3) is 5.91 Å². The fourth-order valence-corrected chi connectivity index (χ4v) is 4.99. The van der Waals surface area contributed by atoms with E-state index in [0.29, 0.717) is 30.0 Å². The van der Waals surface area contributed by atoms with Crippen molar-refractivity contribution in [1.82, 2.24) is 20.0 Å². The second-order valence-corrected chi connectivity index (χ2v) is 12.1. The van der Waals surface area contributed by atoms with E-state index >= 15 is 0 Å². The van der Waals surface area contributed by atoms with Crippen LogP contribution in [-0.4, -0.2) is 103 Å². The lowest BCUT2D eigenvalue weighted by atomic mass is 10.1. The fraction of sp³-hybridized carbons (Fsp3) is 0.368. The molecule has 4 rings (SSSR count). The van der Waals surface area contributed by atoms with E-state index in [-0.39, 0.29) is 31.4 Å². The molecule has 0 aliphatic rings. The summed E-state index contributed by atoms with van der Waals surface area (Å²) in [5.74, 6) is -2.96. The Hall–Kier alpha value is -6.40. The van der Waals surface area contributed by atoms with Crippen LogP contribution in [0, 0.1) is 0 Å². The van der Waals surface area contributed by atoms with Crippen molar-refractivity contribution in [3.05, 3.63) is 83.8 Å². The molecule has 18 nitrogen and oxygen atoms in total. The Kier molecular flexibility index (Phi) is 17.9. The molecule has 0 saturated carbocycles. The lowest BCUT2D eigenvalue weighted by Gasteiger charge is -2.21. The number of carbonyl (C=O) groups excluding carboxylic acids is 3. The molecule has 6 N–H and O–H groups in total. The van der Waals surface area contributed by atoms with Gasteiger partial charge in [-0.25, -0.2) is 29.8 Å². The minimum atomic E-state index is -2.27. The number of nitrogens with one attached hydrogen (secondary N) is 2. The van der Waals surface area contributed by atoms with Gasteiger partial charge in [0, 0.05) is 31.0 Å². The zero-order valence-electron chi connectivity index (χ0n) is 31.3. The highest BCUT2D eigenvalue weighted by Gasteiger charge is 2.29. The fourth-order valence-electron chi connectivity index (χ4n) is 4.99. The normalized spacial score (nSPS) is 11.9. The number of pyridine rings is 1. The molecule has 2 aromatic carbocycles. The highest BCUT2D eigenvalue weighted by molar-refractivity contribution is 6.07. The van der Waals surface area contributed by atoms with Gasteiger partial charge >= 0.3 is 24.0 Å². The number of hydrogen-bond acceptors (Lipinski definition) is 13. The number of aliphatic carboxylic acids is 2. The number of aliphatic hydroxyl groups is 2. The van der Waals surface area contributed by atoms with Crippen LogP contribution in [0.5, 0.6) is 0 Å². The van der Waals surface area contributed by atoms with Gasteiger partial charge in [0.05, 0.1) is 43.4 Å². The van der Waals surface area contributed by atoms with Crippen molar-refractivity contribution in [3.63, 3.8) is 0 Å². The monoisotopic (exact) mass is 777 g/mol. The number of aromatic nitrogens is 3. The van der Waals surface area contributed by atoms with Crippen LogP contribution in [-0.2, 0) is 37.4 Å². The predicted octanol–water partition coefficient (Wildman–Crippen LogP) is 3.70. The summed E-state index contributed by atoms with van der Waals surface area (Å²) in [6.45, 7) is 5.13. The smallest absolute Gasteiger partial charge is 0.427 e. The summed E-state index contributed by atoms with van der Waals surface area (Å²) < 4.78 is 12.1. The third kappa shape index (κ3) is 13.8. The quantitative estimate of drug-likeness (QED) is 0.0344. The molecule has 0 saturated heterocycles. The summed E-state index contributed by atoms with van der Waals surface area (Å²) >= 11 is 0. The van der Waals surface area contributed by atoms with Gasteiger partial charge in [0.2, 0.25) is 0 Å². The van der Waals surface area contributed by atoms with Crippen molar-refractivity contribution < 1.29 is 53.9 Å². The molecule has 300 valence electrons. The molecule has 56 heavy (non-hydrogen) atoms. The molecule has 0 aliphatic carbocycles. The van der Waals surface area contributed by atoms with Crippen molar-refractivity contribution in [2.24, 2.45) is 12.1 Å². The number of fused-ring (bicyclic) bond motifs is 1. The van der Waals surface area contributed by atoms with Crippen LogP contribution in [0.1, 0.15) is 67.7 Å². The highest BCUT2D eigenvalue weighted by Crippen LogP contribution is 2.21. The molecule has 0 unspecified atom stereocenters. The van der Waals surface area contributed by atoms with Crippen LogP contribution < -0.4 is 15.6 Å². The first-order valence-electron chi connectivity index (χ1n) is 17.8. The third-order valence-electron chi connectivity index (χ3n) is 8.00. The number of amides is 2. The van der Waals surface area contributed by atoms with Gasteiger partial charge < -0.3 is 39.8 Å². The van der Waals surface area contributed by atoms with E-state index in [9.17, 15) is 24.0 Å². The standard InChI is InChI=1S/C34H41N7O5.C4H6O6/c1-4-6-7-10-21-46-34(44)39-37-23-25-12-15-27(16-13-25)36-24-31-38-28-22-26(14-17-29(28)40(31)3)33(43)41(20-18-32(42)45-5-2)30-11-8-9-19-35-30;5-1(3(7)8)2(6)4(9)10/h8-9,11-17,19,22-23,36H,4-7,10,18,20-21,24H2,1-3H3,(H,39,44);1-2,5-6H,(H,7,8)(H,9,10)/b37-23+;/t;1-,2-/m.0/s1. The molecule has 0 bridgehead atoms. The van der Waals surface area contributed by atoms with E-state index in [2.05, 4.69) is 27.8 Å². The Balaban J connectivity index is 0.000000739. The number of hydrogen-bond donors (Lipinski definition) is 6. The summed E-state index contributed by atoms with van der Waals surface area (Å²) in [6, 6.07) is 18.3. The van der Waals surface area contributed by atoms with Gasteiger partial charge in [-0.1, -0.05) is 44.4 Å². The van der Waals surface area contributed by atoms with E-state index in [1.54, 1.807) is 49.7 Å². The Morgan fingerprint density at radius 2 is 1.64 bits per heavy atom. The number of imidazole rings is 1. The number of unbranched alkanes of at least 4 members (excludes halogenated alkanes) is 3. The number of benzene rings is 2. The largest absolute Gasteiger partial charge is 0.479 e. The van der Waals surface area contributed by atoms with E-state index in [4.69, 9.17) is 34.9 Å². The second kappa shape index (κ2) is 22.7. The first-order chi connectivity index (χ1) is 26.9. The SMILES string of the molecule is CCCCCCOC(=O)N/N=C/c1ccc(NCc2nc3cc(C(=O)N(CCC(=O)OCC)c4ccccn4)ccc3n2C)cc1.O=C(O)[C@@H](O)[C@H](O)C(=O)O. The minimum absolute atomic E-state index is 0.0519. The van der Waals surface area contributed by atoms with E-state index in [1.807, 2.05) is 41.9 Å². The van der Waals surface area contributed by atoms with Gasteiger partial charge in [0.15, 0.2) is 12.2 Å². The van der Waals surface area contributed by atoms with E-state index in [0.717, 1.165) is 48.3 Å². The molecule has 2 aromatic heterocycles. The van der Waals surface area contributed by atoms with Gasteiger partial charge in [-0.15, -0.1) is 0 Å². The zero-order valence-corrected chi connectivity index (χ0v) is 31.3. The summed E-state index contributed by atoms with van der Waals surface area (Å²) in [4.78, 5) is 67.5. The number of aryl methyl sites for hydroxylation is 1. The lowest BCUT2D eigenvalue weighted by Crippen LogP contribution is -2.39. The third-order valence-corrected chi connectivity index (χ3v) is 8.00. The van der Waals surface area contributed by atoms with E-state index < -0.39 is 30.2 Å². The zero-order chi connectivity index (χ0) is 41.0. The minimum Gasteiger partial charge on any atom is -0.479 e. The molecular weight excluding hydrogens is 730 g/mol. The molecule has 18 heteroatoms. The molecular formula is C38H47N7O11. The van der Waals surface area contributed by atoms with Crippen LogP contribution in [0.3, 0.4) is 0 Å². The maximum Gasteiger partial charge on any atom is 0.427 e. The van der Waals surface area contributed by atoms with Gasteiger partial charge in [-0.05, 0) is 61.4 Å². The van der Waals surface area contributed by atoms with Crippen LogP contribution in [0.15, 0.2) is 72.0 Å². The Bertz CT molecular complexity index is 1920. The first kappa shape index (κ1) is 44.0. The van der Waals surface area contributed by atoms with Crippen LogP contribution in [0.2, 0.25) is 0 Å². The van der Waals surface area contributed by atoms with Crippen molar-refractivity contribution in [2.75, 3.05) is 30.0 Å². The average molecular weight is 778 g/mol. The number of carboxylic acid groups (broad SMARTS) is 2. The summed E-state index contributed by atoms with van der Waals surface area (Å²) in [5, 5.41) is 39.9. The van der Waals surface area contributed by atoms with Crippen molar-refractivity contribution in [1.29, 1.82) is 0 Å². The number of anilines is 2. The number of hydrazone groups is 1. The molecule has 0 fully saturated rings. The predicted molar refractivity (Wildman–Crippen MR) is 205 cm³/mol. The Morgan fingerprint density at radius 3 is 2.27 bits per heavy atom. The van der Waals surface area contributed by atoms with Crippen LogP contribution in [0.25, 0.3) is 11.0 Å². The first-order valence-corrected chi connectivity index (χ1v) is 17.8. The molecule has 2 amide bonds. The maximum absolute atomic E-state index is 13.6.